The Kier molecular flexibility index (Phi) is 4.01. The smallest absolute Gasteiger partial charge is 0.255 e. The van der Waals surface area contributed by atoms with Crippen LogP contribution in [0.25, 0.3) is 0 Å². The van der Waals surface area contributed by atoms with Crippen LogP contribution in [0.15, 0.2) is 0 Å². The Hall–Kier alpha value is -1.36. The molecule has 1 aliphatic rings. The molecular weight excluding hydrogens is 230 g/mol. The van der Waals surface area contributed by atoms with Crippen LogP contribution in [0.2, 0.25) is 0 Å². The molecule has 0 spiro atoms. The molecule has 1 aliphatic heterocycles. The monoisotopic (exact) mass is 251 g/mol. The quantitative estimate of drug-likeness (QED) is 0.880. The van der Waals surface area contributed by atoms with Gasteiger partial charge in [0.05, 0.1) is 17.4 Å². The lowest BCUT2D eigenvalue weighted by atomic mass is 10.1. The van der Waals surface area contributed by atoms with E-state index in [0.29, 0.717) is 12.1 Å². The Balaban J connectivity index is 2.01. The van der Waals surface area contributed by atoms with Crippen LogP contribution in [0.3, 0.4) is 0 Å². The predicted octanol–water partition coefficient (Wildman–Crippen LogP) is 1.43. The molecule has 0 unspecified atom stereocenters. The lowest BCUT2D eigenvalue weighted by molar-refractivity contribution is 0.0856. The first-order valence-corrected chi connectivity index (χ1v) is 6.57. The molecule has 0 radical (unpaired) electrons. The fourth-order valence-electron chi connectivity index (χ4n) is 2.43. The minimum Gasteiger partial charge on any atom is -0.376 e. The molecule has 5 nitrogen and oxygen atoms in total. The van der Waals surface area contributed by atoms with Crippen molar-refractivity contribution in [2.75, 3.05) is 13.2 Å². The van der Waals surface area contributed by atoms with Gasteiger partial charge in [-0.05, 0) is 33.6 Å². The molecule has 2 heterocycles. The number of hydrogen-bond donors (Lipinski definition) is 1. The first-order chi connectivity index (χ1) is 8.63. The second kappa shape index (κ2) is 5.52. The second-order valence-electron chi connectivity index (χ2n) is 4.71. The first kappa shape index (κ1) is 13.1. The van der Waals surface area contributed by atoms with Crippen molar-refractivity contribution in [2.24, 2.45) is 0 Å². The molecule has 0 saturated carbocycles. The van der Waals surface area contributed by atoms with E-state index in [-0.39, 0.29) is 12.0 Å². The van der Waals surface area contributed by atoms with Gasteiger partial charge in [-0.25, -0.2) is 0 Å². The molecule has 1 saturated heterocycles. The molecule has 1 atom stereocenters. The van der Waals surface area contributed by atoms with Crippen molar-refractivity contribution in [3.05, 3.63) is 17.0 Å². The van der Waals surface area contributed by atoms with Crippen LogP contribution in [0, 0.1) is 13.8 Å². The molecule has 1 aromatic heterocycles. The highest BCUT2D eigenvalue weighted by Gasteiger charge is 2.20. The average Bonchev–Trinajstić information content (AvgIpc) is 2.94. The van der Waals surface area contributed by atoms with Gasteiger partial charge in [-0.3, -0.25) is 9.48 Å². The SMILES string of the molecule is CCn1nc(C)c(C(=O)NC[C@@H]2CCCO2)c1C. The summed E-state index contributed by atoms with van der Waals surface area (Å²) in [5.74, 6) is -0.0415. The number of amides is 1. The number of nitrogens with zero attached hydrogens (tertiary/aromatic N) is 2. The summed E-state index contributed by atoms with van der Waals surface area (Å²) in [4.78, 5) is 12.2. The van der Waals surface area contributed by atoms with E-state index in [1.165, 1.54) is 0 Å². The molecule has 1 fully saturated rings. The zero-order chi connectivity index (χ0) is 13.1. The molecule has 0 aliphatic carbocycles. The van der Waals surface area contributed by atoms with E-state index >= 15 is 0 Å². The van der Waals surface area contributed by atoms with Gasteiger partial charge in [0.1, 0.15) is 0 Å². The molecule has 1 N–H and O–H groups in total. The van der Waals surface area contributed by atoms with E-state index < -0.39 is 0 Å². The normalized spacial score (nSPS) is 19.2. The molecule has 100 valence electrons. The molecule has 0 bridgehead atoms. The number of ether oxygens (including phenoxy) is 1. The highest BCUT2D eigenvalue weighted by Crippen LogP contribution is 2.14. The van der Waals surface area contributed by atoms with Gasteiger partial charge in [0.2, 0.25) is 0 Å². The van der Waals surface area contributed by atoms with Crippen molar-refractivity contribution in [1.82, 2.24) is 15.1 Å². The number of nitrogens with one attached hydrogen (secondary N) is 1. The summed E-state index contributed by atoms with van der Waals surface area (Å²) in [5.41, 5.74) is 2.42. The molecule has 1 aromatic rings. The maximum absolute atomic E-state index is 12.2. The van der Waals surface area contributed by atoms with Crippen molar-refractivity contribution >= 4 is 5.91 Å². The second-order valence-corrected chi connectivity index (χ2v) is 4.71. The molecule has 18 heavy (non-hydrogen) atoms. The third-order valence-electron chi connectivity index (χ3n) is 3.42. The summed E-state index contributed by atoms with van der Waals surface area (Å²) in [5, 5.41) is 7.30. The number of rotatable bonds is 4. The van der Waals surface area contributed by atoms with Crippen molar-refractivity contribution in [1.29, 1.82) is 0 Å². The number of carbonyl (C=O) groups excluding carboxylic acids is 1. The van der Waals surface area contributed by atoms with Gasteiger partial charge in [0, 0.05) is 25.4 Å². The number of hydrogen-bond acceptors (Lipinski definition) is 3. The maximum Gasteiger partial charge on any atom is 0.255 e. The summed E-state index contributed by atoms with van der Waals surface area (Å²) in [6.45, 7) is 8.02. The molecular formula is C13H21N3O2. The van der Waals surface area contributed by atoms with Crippen LogP contribution in [0.1, 0.15) is 41.5 Å². The Bertz CT molecular complexity index is 434. The molecule has 5 heteroatoms. The van der Waals surface area contributed by atoms with Gasteiger partial charge in [0.25, 0.3) is 5.91 Å². The Labute approximate surface area is 108 Å². The van der Waals surface area contributed by atoms with Crippen LogP contribution < -0.4 is 5.32 Å². The maximum atomic E-state index is 12.2. The van der Waals surface area contributed by atoms with Crippen molar-refractivity contribution in [3.63, 3.8) is 0 Å². The van der Waals surface area contributed by atoms with Crippen molar-refractivity contribution in [3.8, 4) is 0 Å². The van der Waals surface area contributed by atoms with Gasteiger partial charge in [0.15, 0.2) is 0 Å². The summed E-state index contributed by atoms with van der Waals surface area (Å²) in [7, 11) is 0. The van der Waals surface area contributed by atoms with Crippen LogP contribution >= 0.6 is 0 Å². The highest BCUT2D eigenvalue weighted by molar-refractivity contribution is 5.96. The van der Waals surface area contributed by atoms with E-state index in [1.54, 1.807) is 0 Å². The van der Waals surface area contributed by atoms with Crippen LogP contribution in [0.4, 0.5) is 0 Å². The summed E-state index contributed by atoms with van der Waals surface area (Å²) in [6, 6.07) is 0. The lowest BCUT2D eigenvalue weighted by Gasteiger charge is -2.11. The topological polar surface area (TPSA) is 56.2 Å². The number of aryl methyl sites for hydroxylation is 2. The zero-order valence-corrected chi connectivity index (χ0v) is 11.3. The van der Waals surface area contributed by atoms with E-state index in [4.69, 9.17) is 4.74 Å². The summed E-state index contributed by atoms with van der Waals surface area (Å²) in [6.07, 6.45) is 2.30. The van der Waals surface area contributed by atoms with Crippen LogP contribution in [-0.2, 0) is 11.3 Å². The summed E-state index contributed by atoms with van der Waals surface area (Å²) >= 11 is 0. The standard InChI is InChI=1S/C13H21N3O2/c1-4-16-10(3)12(9(2)15-16)13(17)14-8-11-6-5-7-18-11/h11H,4-8H2,1-3H3,(H,14,17)/t11-/m0/s1. The van der Waals surface area contributed by atoms with Crippen molar-refractivity contribution in [2.45, 2.75) is 46.3 Å². The van der Waals surface area contributed by atoms with E-state index in [0.717, 1.165) is 37.4 Å². The average molecular weight is 251 g/mol. The minimum absolute atomic E-state index is 0.0415. The first-order valence-electron chi connectivity index (χ1n) is 6.57. The Morgan fingerprint density at radius 2 is 2.33 bits per heavy atom. The minimum atomic E-state index is -0.0415. The Morgan fingerprint density at radius 3 is 2.89 bits per heavy atom. The third kappa shape index (κ3) is 2.56. The fraction of sp³-hybridized carbons (Fsp3) is 0.692. The number of carbonyl (C=O) groups is 1. The van der Waals surface area contributed by atoms with E-state index in [2.05, 4.69) is 10.4 Å². The van der Waals surface area contributed by atoms with Gasteiger partial charge < -0.3 is 10.1 Å². The summed E-state index contributed by atoms with van der Waals surface area (Å²) < 4.78 is 7.35. The van der Waals surface area contributed by atoms with Crippen LogP contribution in [-0.4, -0.2) is 34.9 Å². The predicted molar refractivity (Wildman–Crippen MR) is 68.7 cm³/mol. The van der Waals surface area contributed by atoms with Crippen molar-refractivity contribution < 1.29 is 9.53 Å². The van der Waals surface area contributed by atoms with E-state index in [9.17, 15) is 4.79 Å². The number of aromatic nitrogens is 2. The van der Waals surface area contributed by atoms with Gasteiger partial charge in [-0.1, -0.05) is 0 Å². The largest absolute Gasteiger partial charge is 0.376 e. The zero-order valence-electron chi connectivity index (χ0n) is 11.3. The fourth-order valence-corrected chi connectivity index (χ4v) is 2.43. The lowest BCUT2D eigenvalue weighted by Crippen LogP contribution is -2.32. The molecule has 1 amide bonds. The molecule has 0 aromatic carbocycles. The third-order valence-corrected chi connectivity index (χ3v) is 3.42. The molecule has 2 rings (SSSR count). The highest BCUT2D eigenvalue weighted by atomic mass is 16.5. The van der Waals surface area contributed by atoms with Gasteiger partial charge in [-0.2, -0.15) is 5.10 Å². The van der Waals surface area contributed by atoms with Gasteiger partial charge >= 0.3 is 0 Å². The van der Waals surface area contributed by atoms with E-state index in [1.807, 2.05) is 25.5 Å². The van der Waals surface area contributed by atoms with Crippen LogP contribution in [0.5, 0.6) is 0 Å². The Morgan fingerprint density at radius 1 is 1.56 bits per heavy atom. The van der Waals surface area contributed by atoms with Gasteiger partial charge in [-0.15, -0.1) is 0 Å².